The van der Waals surface area contributed by atoms with Crippen LogP contribution in [0.3, 0.4) is 0 Å². The van der Waals surface area contributed by atoms with Crippen LogP contribution in [0.4, 0.5) is 13.2 Å². The maximum absolute atomic E-state index is 13.4. The monoisotopic (exact) mass is 386 g/mol. The lowest BCUT2D eigenvalue weighted by Crippen LogP contribution is -2.23. The topological polar surface area (TPSA) is 34.0 Å². The zero-order valence-electron chi connectivity index (χ0n) is 15.9. The number of aromatic nitrogens is 1. The minimum atomic E-state index is -4.48. The van der Waals surface area contributed by atoms with Crippen molar-refractivity contribution in [1.82, 2.24) is 9.88 Å². The van der Waals surface area contributed by atoms with E-state index in [1.807, 2.05) is 31.2 Å². The molecule has 1 aromatic heterocycles. The number of nitrogens with zero attached hydrogens (tertiary/aromatic N) is 1. The molecule has 1 amide bonds. The maximum atomic E-state index is 13.4. The molecule has 3 nitrogen and oxygen atoms in total. The number of para-hydroxylation sites is 1. The molecule has 6 heteroatoms. The zero-order valence-corrected chi connectivity index (χ0v) is 15.9. The second-order valence-electron chi connectivity index (χ2n) is 6.80. The molecule has 0 aliphatic rings. The van der Waals surface area contributed by atoms with Crippen molar-refractivity contribution < 1.29 is 18.0 Å². The Balaban J connectivity index is 1.90. The first-order valence-electron chi connectivity index (χ1n) is 8.88. The van der Waals surface area contributed by atoms with Crippen LogP contribution in [0, 0.1) is 20.8 Å². The van der Waals surface area contributed by atoms with Crippen LogP contribution in [0.15, 0.2) is 54.6 Å². The molecule has 0 fully saturated rings. The summed E-state index contributed by atoms with van der Waals surface area (Å²) < 4.78 is 41.7. The number of carbonyl (C=O) groups excluding carboxylic acids is 1. The van der Waals surface area contributed by atoms with Crippen molar-refractivity contribution >= 4 is 5.91 Å². The van der Waals surface area contributed by atoms with Crippen molar-refractivity contribution in [3.8, 4) is 5.69 Å². The van der Waals surface area contributed by atoms with Gasteiger partial charge in [0.2, 0.25) is 0 Å². The summed E-state index contributed by atoms with van der Waals surface area (Å²) in [5.74, 6) is -0.315. The third-order valence-corrected chi connectivity index (χ3v) is 4.70. The van der Waals surface area contributed by atoms with Crippen LogP contribution < -0.4 is 5.32 Å². The van der Waals surface area contributed by atoms with Crippen LogP contribution in [-0.4, -0.2) is 10.5 Å². The lowest BCUT2D eigenvalue weighted by Gasteiger charge is -2.16. The highest BCUT2D eigenvalue weighted by atomic mass is 19.4. The van der Waals surface area contributed by atoms with E-state index < -0.39 is 11.7 Å². The predicted octanol–water partition coefficient (Wildman–Crippen LogP) is 5.35. The summed E-state index contributed by atoms with van der Waals surface area (Å²) in [6.07, 6.45) is -4.48. The number of hydrogen-bond acceptors (Lipinski definition) is 1. The van der Waals surface area contributed by atoms with Crippen LogP contribution in [0.5, 0.6) is 0 Å². The maximum Gasteiger partial charge on any atom is 0.418 e. The predicted molar refractivity (Wildman–Crippen MR) is 103 cm³/mol. The zero-order chi connectivity index (χ0) is 20.5. The van der Waals surface area contributed by atoms with Gasteiger partial charge in [-0.05, 0) is 44.5 Å². The summed E-state index contributed by atoms with van der Waals surface area (Å²) in [4.78, 5) is 12.6. The van der Waals surface area contributed by atoms with Crippen LogP contribution in [0.2, 0.25) is 0 Å². The van der Waals surface area contributed by atoms with E-state index in [0.717, 1.165) is 17.2 Å². The van der Waals surface area contributed by atoms with Crippen LogP contribution >= 0.6 is 0 Å². The Kier molecular flexibility index (Phi) is 5.31. The normalized spacial score (nSPS) is 11.5. The number of aryl methyl sites for hydroxylation is 2. The van der Waals surface area contributed by atoms with Gasteiger partial charge in [-0.25, -0.2) is 0 Å². The SMILES string of the molecule is Cc1ccc(CNC(=O)c2cc(C)n(-c3ccccc3C(F)(F)F)c2C)cc1. The largest absolute Gasteiger partial charge is 0.418 e. The first-order chi connectivity index (χ1) is 13.2. The van der Waals surface area contributed by atoms with Gasteiger partial charge in [-0.15, -0.1) is 0 Å². The van der Waals surface area contributed by atoms with Crippen molar-refractivity contribution in [3.63, 3.8) is 0 Å². The molecule has 146 valence electrons. The van der Waals surface area contributed by atoms with Crippen molar-refractivity contribution in [2.45, 2.75) is 33.5 Å². The summed E-state index contributed by atoms with van der Waals surface area (Å²) in [6.45, 7) is 5.68. The average Bonchev–Trinajstić information content (AvgIpc) is 2.94. The highest BCUT2D eigenvalue weighted by Gasteiger charge is 2.34. The standard InChI is InChI=1S/C22H21F3N2O/c1-14-8-10-17(11-9-14)13-26-21(28)18-12-15(2)27(16(18)3)20-7-5-4-6-19(20)22(23,24)25/h4-12H,13H2,1-3H3,(H,26,28). The fourth-order valence-electron chi connectivity index (χ4n) is 3.26. The minimum Gasteiger partial charge on any atom is -0.348 e. The van der Waals surface area contributed by atoms with Crippen molar-refractivity contribution in [1.29, 1.82) is 0 Å². The molecule has 0 radical (unpaired) electrons. The molecule has 3 aromatic rings. The van der Waals surface area contributed by atoms with Gasteiger partial charge >= 0.3 is 6.18 Å². The Morgan fingerprint density at radius 3 is 2.29 bits per heavy atom. The van der Waals surface area contributed by atoms with Gasteiger partial charge in [-0.1, -0.05) is 42.0 Å². The van der Waals surface area contributed by atoms with Crippen LogP contribution in [-0.2, 0) is 12.7 Å². The number of alkyl halides is 3. The number of nitrogens with one attached hydrogen (secondary N) is 1. The fraction of sp³-hybridized carbons (Fsp3) is 0.227. The highest BCUT2D eigenvalue weighted by Crippen LogP contribution is 2.35. The summed E-state index contributed by atoms with van der Waals surface area (Å²) >= 11 is 0. The number of halogens is 3. The molecule has 0 saturated heterocycles. The number of carbonyl (C=O) groups is 1. The Morgan fingerprint density at radius 1 is 1.00 bits per heavy atom. The van der Waals surface area contributed by atoms with E-state index in [1.165, 1.54) is 16.7 Å². The molecule has 0 saturated carbocycles. The van der Waals surface area contributed by atoms with Gasteiger partial charge in [-0.3, -0.25) is 4.79 Å². The van der Waals surface area contributed by atoms with E-state index in [1.54, 1.807) is 26.0 Å². The third kappa shape index (κ3) is 3.96. The van der Waals surface area contributed by atoms with Gasteiger partial charge in [0.1, 0.15) is 0 Å². The molecule has 1 heterocycles. The molecule has 3 rings (SSSR count). The highest BCUT2D eigenvalue weighted by molar-refractivity contribution is 5.95. The molecule has 1 N–H and O–H groups in total. The first-order valence-corrected chi connectivity index (χ1v) is 8.88. The lowest BCUT2D eigenvalue weighted by atomic mass is 10.1. The summed E-state index contributed by atoms with van der Waals surface area (Å²) in [5.41, 5.74) is 2.76. The van der Waals surface area contributed by atoms with Gasteiger partial charge < -0.3 is 9.88 Å². The van der Waals surface area contributed by atoms with Crippen LogP contribution in [0.25, 0.3) is 5.69 Å². The average molecular weight is 386 g/mol. The molecule has 0 spiro atoms. The smallest absolute Gasteiger partial charge is 0.348 e. The van der Waals surface area contributed by atoms with Gasteiger partial charge in [0, 0.05) is 17.9 Å². The molecule has 0 unspecified atom stereocenters. The summed E-state index contributed by atoms with van der Waals surface area (Å²) in [5, 5.41) is 2.84. The van der Waals surface area contributed by atoms with Crippen LogP contribution in [0.1, 0.15) is 38.4 Å². The van der Waals surface area contributed by atoms with E-state index in [2.05, 4.69) is 5.32 Å². The summed E-state index contributed by atoms with van der Waals surface area (Å²) in [7, 11) is 0. The molecular formula is C22H21F3N2O. The van der Waals surface area contributed by atoms with Gasteiger partial charge in [0.15, 0.2) is 0 Å². The van der Waals surface area contributed by atoms with E-state index in [0.29, 0.717) is 23.5 Å². The number of benzene rings is 2. The van der Waals surface area contributed by atoms with E-state index in [9.17, 15) is 18.0 Å². The Hall–Kier alpha value is -3.02. The van der Waals surface area contributed by atoms with Gasteiger partial charge in [-0.2, -0.15) is 13.2 Å². The molecule has 2 aromatic carbocycles. The minimum absolute atomic E-state index is 0.0163. The molecule has 0 bridgehead atoms. The quantitative estimate of drug-likeness (QED) is 0.644. The first kappa shape index (κ1) is 19.7. The number of hydrogen-bond donors (Lipinski definition) is 1. The van der Waals surface area contributed by atoms with Gasteiger partial charge in [0.25, 0.3) is 5.91 Å². The van der Waals surface area contributed by atoms with Crippen molar-refractivity contribution in [2.24, 2.45) is 0 Å². The van der Waals surface area contributed by atoms with Gasteiger partial charge in [0.05, 0.1) is 16.8 Å². The van der Waals surface area contributed by atoms with Crippen molar-refractivity contribution in [2.75, 3.05) is 0 Å². The molecular weight excluding hydrogens is 365 g/mol. The Labute approximate surface area is 161 Å². The second-order valence-corrected chi connectivity index (χ2v) is 6.80. The van der Waals surface area contributed by atoms with E-state index >= 15 is 0 Å². The third-order valence-electron chi connectivity index (χ3n) is 4.70. The number of amides is 1. The lowest BCUT2D eigenvalue weighted by molar-refractivity contribution is -0.137. The van der Waals surface area contributed by atoms with E-state index in [-0.39, 0.29) is 11.6 Å². The van der Waals surface area contributed by atoms with E-state index in [4.69, 9.17) is 0 Å². The molecule has 0 aliphatic heterocycles. The summed E-state index contributed by atoms with van der Waals surface area (Å²) in [6, 6.07) is 14.8. The second kappa shape index (κ2) is 7.54. The Bertz CT molecular complexity index is 1000. The molecule has 0 aliphatic carbocycles. The van der Waals surface area contributed by atoms with Crippen molar-refractivity contribution in [3.05, 3.63) is 88.2 Å². The molecule has 28 heavy (non-hydrogen) atoms. The fourth-order valence-corrected chi connectivity index (χ4v) is 3.26. The Morgan fingerprint density at radius 2 is 1.64 bits per heavy atom. The molecule has 0 atom stereocenters. The number of rotatable bonds is 4.